The molecule has 2 N–H and O–H groups in total. The highest BCUT2D eigenvalue weighted by Gasteiger charge is 2.23. The number of carboxylic acids is 1. The maximum Gasteiger partial charge on any atom is 0.352 e. The molecule has 0 unspecified atom stereocenters. The van der Waals surface area contributed by atoms with E-state index in [1.165, 1.54) is 37.0 Å². The molecule has 0 amide bonds. The molecule has 0 radical (unpaired) electrons. The van der Waals surface area contributed by atoms with Crippen molar-refractivity contribution in [3.8, 4) is 17.2 Å². The summed E-state index contributed by atoms with van der Waals surface area (Å²) >= 11 is 0. The number of aromatic nitrogens is 1. The summed E-state index contributed by atoms with van der Waals surface area (Å²) in [7, 11) is -1.64. The van der Waals surface area contributed by atoms with Gasteiger partial charge in [0.15, 0.2) is 11.5 Å². The first-order chi connectivity index (χ1) is 14.2. The maximum atomic E-state index is 14.4. The highest BCUT2D eigenvalue weighted by Crippen LogP contribution is 2.33. The van der Waals surface area contributed by atoms with Gasteiger partial charge >= 0.3 is 5.97 Å². The Labute approximate surface area is 172 Å². The van der Waals surface area contributed by atoms with Crippen LogP contribution in [0, 0.1) is 12.7 Å². The fourth-order valence-electron chi connectivity index (χ4n) is 3.01. The molecule has 1 heterocycles. The number of sulfonamides is 1. The average Bonchev–Trinajstić information content (AvgIpc) is 3.17. The van der Waals surface area contributed by atoms with Gasteiger partial charge in [-0.2, -0.15) is 0 Å². The minimum absolute atomic E-state index is 0.0649. The van der Waals surface area contributed by atoms with E-state index < -0.39 is 26.7 Å². The highest BCUT2D eigenvalue weighted by atomic mass is 32.2. The quantitative estimate of drug-likeness (QED) is 0.590. The Balaban J connectivity index is 1.96. The van der Waals surface area contributed by atoms with E-state index in [9.17, 15) is 22.7 Å². The van der Waals surface area contributed by atoms with Crippen molar-refractivity contribution >= 4 is 21.7 Å². The van der Waals surface area contributed by atoms with Crippen LogP contribution in [0.1, 0.15) is 16.1 Å². The molecule has 1 aromatic heterocycles. The van der Waals surface area contributed by atoms with Crippen molar-refractivity contribution in [3.63, 3.8) is 0 Å². The van der Waals surface area contributed by atoms with Crippen LogP contribution in [0.15, 0.2) is 53.6 Å². The molecular weight excluding hydrogens is 415 g/mol. The number of nitrogens with zero attached hydrogens (tertiary/aromatic N) is 1. The number of hydrogen-bond donors (Lipinski definition) is 2. The minimum atomic E-state index is -4.27. The predicted molar refractivity (Wildman–Crippen MR) is 108 cm³/mol. The maximum absolute atomic E-state index is 14.4. The lowest BCUT2D eigenvalue weighted by Gasteiger charge is -2.15. The fourth-order valence-corrected chi connectivity index (χ4v) is 4.13. The number of aryl methyl sites for hydroxylation is 1. The van der Waals surface area contributed by atoms with Crippen LogP contribution in [0.3, 0.4) is 0 Å². The summed E-state index contributed by atoms with van der Waals surface area (Å²) in [6.45, 7) is 1.70. The molecule has 0 saturated carbocycles. The van der Waals surface area contributed by atoms with Crippen LogP contribution in [0.25, 0.3) is 5.69 Å². The van der Waals surface area contributed by atoms with Crippen molar-refractivity contribution < 1.29 is 32.2 Å². The van der Waals surface area contributed by atoms with Gasteiger partial charge in [-0.25, -0.2) is 17.6 Å². The first-order valence-corrected chi connectivity index (χ1v) is 10.1. The minimum Gasteiger partial charge on any atom is -0.493 e. The van der Waals surface area contributed by atoms with Crippen molar-refractivity contribution in [1.29, 1.82) is 0 Å². The molecule has 0 saturated heterocycles. The fraction of sp³-hybridized carbons (Fsp3) is 0.150. The van der Waals surface area contributed by atoms with Crippen molar-refractivity contribution in [1.82, 2.24) is 4.57 Å². The van der Waals surface area contributed by atoms with Gasteiger partial charge in [-0.15, -0.1) is 0 Å². The van der Waals surface area contributed by atoms with E-state index in [2.05, 4.69) is 4.72 Å². The molecule has 158 valence electrons. The summed E-state index contributed by atoms with van der Waals surface area (Å²) in [4.78, 5) is 10.7. The average molecular weight is 434 g/mol. The number of hydrogen-bond acceptors (Lipinski definition) is 5. The molecule has 10 heteroatoms. The van der Waals surface area contributed by atoms with Crippen LogP contribution in [-0.2, 0) is 10.0 Å². The standard InChI is InChI=1S/C20H19FN2O6S/c1-12-9-13(6-7-15(12)23-8-4-5-16(23)20(24)25)22-30(26,27)19-11-18(29-3)17(28-2)10-14(19)21/h4-11,22H,1-3H3,(H,24,25). The van der Waals surface area contributed by atoms with E-state index in [-0.39, 0.29) is 22.9 Å². The molecule has 0 aliphatic carbocycles. The molecule has 0 aliphatic heterocycles. The van der Waals surface area contributed by atoms with Crippen LogP contribution in [-0.4, -0.2) is 38.3 Å². The number of rotatable bonds is 7. The smallest absolute Gasteiger partial charge is 0.352 e. The Kier molecular flexibility index (Phi) is 5.70. The second-order valence-electron chi connectivity index (χ2n) is 6.31. The van der Waals surface area contributed by atoms with Gasteiger partial charge in [-0.05, 0) is 42.8 Å². The molecule has 2 aromatic carbocycles. The highest BCUT2D eigenvalue weighted by molar-refractivity contribution is 7.92. The van der Waals surface area contributed by atoms with E-state index in [1.807, 2.05) is 0 Å². The largest absolute Gasteiger partial charge is 0.493 e. The lowest BCUT2D eigenvalue weighted by atomic mass is 10.1. The lowest BCUT2D eigenvalue weighted by Crippen LogP contribution is -2.15. The van der Waals surface area contributed by atoms with E-state index >= 15 is 0 Å². The topological polar surface area (TPSA) is 107 Å². The molecule has 30 heavy (non-hydrogen) atoms. The molecule has 3 aromatic rings. The SMILES string of the molecule is COc1cc(F)c(S(=O)(=O)Nc2ccc(-n3cccc3C(=O)O)c(C)c2)cc1OC. The number of aromatic carboxylic acids is 1. The third kappa shape index (κ3) is 3.94. The second-order valence-corrected chi connectivity index (χ2v) is 7.96. The van der Waals surface area contributed by atoms with E-state index in [1.54, 1.807) is 25.3 Å². The summed E-state index contributed by atoms with van der Waals surface area (Å²) in [5.41, 5.74) is 1.44. The van der Waals surface area contributed by atoms with Gasteiger partial charge < -0.3 is 19.1 Å². The van der Waals surface area contributed by atoms with Gasteiger partial charge in [0, 0.05) is 29.7 Å². The number of anilines is 1. The summed E-state index contributed by atoms with van der Waals surface area (Å²) in [5, 5.41) is 9.28. The van der Waals surface area contributed by atoms with Crippen molar-refractivity contribution in [3.05, 3.63) is 65.7 Å². The Bertz CT molecular complexity index is 1220. The zero-order valence-corrected chi connectivity index (χ0v) is 17.2. The molecule has 3 rings (SSSR count). The Morgan fingerprint density at radius 3 is 2.37 bits per heavy atom. The van der Waals surface area contributed by atoms with Crippen LogP contribution in [0.4, 0.5) is 10.1 Å². The monoisotopic (exact) mass is 434 g/mol. The summed E-state index contributed by atoms with van der Waals surface area (Å²) in [6, 6.07) is 9.58. The van der Waals surface area contributed by atoms with Gasteiger partial charge in [0.2, 0.25) is 0 Å². The zero-order valence-electron chi connectivity index (χ0n) is 16.3. The number of benzene rings is 2. The lowest BCUT2D eigenvalue weighted by molar-refractivity contribution is 0.0688. The summed E-state index contributed by atoms with van der Waals surface area (Å²) < 4.78 is 53.7. The first kappa shape index (κ1) is 21.2. The van der Waals surface area contributed by atoms with Crippen LogP contribution in [0.2, 0.25) is 0 Å². The number of carbonyl (C=O) groups is 1. The van der Waals surface area contributed by atoms with Gasteiger partial charge in [0.05, 0.1) is 14.2 Å². The van der Waals surface area contributed by atoms with Gasteiger partial charge in [0.25, 0.3) is 10.0 Å². The molecular formula is C20H19FN2O6S. The number of nitrogens with one attached hydrogen (secondary N) is 1. The van der Waals surface area contributed by atoms with Gasteiger partial charge in [-0.3, -0.25) is 4.72 Å². The van der Waals surface area contributed by atoms with Crippen LogP contribution in [0.5, 0.6) is 11.5 Å². The van der Waals surface area contributed by atoms with E-state index in [0.717, 1.165) is 12.1 Å². The van der Waals surface area contributed by atoms with Gasteiger partial charge in [0.1, 0.15) is 16.4 Å². The number of halogens is 1. The number of ether oxygens (including phenoxy) is 2. The zero-order chi connectivity index (χ0) is 22.1. The van der Waals surface area contributed by atoms with E-state index in [4.69, 9.17) is 9.47 Å². The summed E-state index contributed by atoms with van der Waals surface area (Å²) in [6.07, 6.45) is 1.59. The second kappa shape index (κ2) is 8.07. The predicted octanol–water partition coefficient (Wildman–Crippen LogP) is 3.44. The first-order valence-electron chi connectivity index (χ1n) is 8.64. The third-order valence-corrected chi connectivity index (χ3v) is 5.80. The Morgan fingerprint density at radius 1 is 1.10 bits per heavy atom. The third-order valence-electron chi connectivity index (χ3n) is 4.40. The van der Waals surface area contributed by atoms with Crippen LogP contribution >= 0.6 is 0 Å². The molecule has 0 atom stereocenters. The molecule has 0 bridgehead atoms. The van der Waals surface area contributed by atoms with Crippen molar-refractivity contribution in [2.75, 3.05) is 18.9 Å². The molecule has 0 fully saturated rings. The Morgan fingerprint density at radius 2 is 1.77 bits per heavy atom. The number of carboxylic acid groups (broad SMARTS) is 1. The van der Waals surface area contributed by atoms with Crippen molar-refractivity contribution in [2.45, 2.75) is 11.8 Å². The molecule has 0 spiro atoms. The molecule has 0 aliphatic rings. The summed E-state index contributed by atoms with van der Waals surface area (Å²) in [5.74, 6) is -1.95. The Hall–Kier alpha value is -3.53. The number of methoxy groups -OCH3 is 2. The van der Waals surface area contributed by atoms with Crippen molar-refractivity contribution in [2.24, 2.45) is 0 Å². The molecule has 8 nitrogen and oxygen atoms in total. The normalized spacial score (nSPS) is 11.2. The van der Waals surface area contributed by atoms with Gasteiger partial charge in [-0.1, -0.05) is 0 Å². The van der Waals surface area contributed by atoms with E-state index in [0.29, 0.717) is 11.3 Å². The van der Waals surface area contributed by atoms with Crippen LogP contribution < -0.4 is 14.2 Å².